The summed E-state index contributed by atoms with van der Waals surface area (Å²) in [4.78, 5) is 0. The predicted molar refractivity (Wildman–Crippen MR) is 62.6 cm³/mol. The highest BCUT2D eigenvalue weighted by Crippen LogP contribution is 2.18. The number of hydrogen-bond donors (Lipinski definition) is 1. The van der Waals surface area contributed by atoms with Crippen molar-refractivity contribution in [3.63, 3.8) is 0 Å². The smallest absolute Gasteiger partial charge is 0.195 e. The Morgan fingerprint density at radius 2 is 2.20 bits per heavy atom. The fourth-order valence-corrected chi connectivity index (χ4v) is 2.16. The number of H-pyrrole nitrogens is 1. The van der Waals surface area contributed by atoms with Crippen LogP contribution in [-0.4, -0.2) is 28.5 Å². The van der Waals surface area contributed by atoms with Crippen molar-refractivity contribution in [1.82, 2.24) is 14.8 Å². The van der Waals surface area contributed by atoms with Crippen LogP contribution in [-0.2, 0) is 16.7 Å². The lowest BCUT2D eigenvalue weighted by Gasteiger charge is -2.26. The van der Waals surface area contributed by atoms with Gasteiger partial charge in [-0.05, 0) is 32.5 Å². The largest absolute Gasteiger partial charge is 0.382 e. The number of nitrogens with one attached hydrogen (secondary N) is 1. The van der Waals surface area contributed by atoms with E-state index in [9.17, 15) is 0 Å². The number of rotatable bonds is 5. The Morgan fingerprint density at radius 3 is 2.73 bits per heavy atom. The summed E-state index contributed by atoms with van der Waals surface area (Å²) in [5, 5.41) is 7.09. The van der Waals surface area contributed by atoms with Crippen molar-refractivity contribution < 1.29 is 4.74 Å². The van der Waals surface area contributed by atoms with E-state index in [1.54, 1.807) is 7.11 Å². The zero-order valence-corrected chi connectivity index (χ0v) is 10.6. The number of aromatic nitrogens is 3. The lowest BCUT2D eigenvalue weighted by molar-refractivity contribution is 0.106. The van der Waals surface area contributed by atoms with E-state index in [0.717, 1.165) is 18.7 Å². The van der Waals surface area contributed by atoms with E-state index in [-0.39, 0.29) is 5.54 Å². The molecule has 1 aromatic heterocycles. The van der Waals surface area contributed by atoms with Gasteiger partial charge in [0.05, 0.1) is 12.1 Å². The molecule has 1 aromatic rings. The van der Waals surface area contributed by atoms with Crippen molar-refractivity contribution in [2.24, 2.45) is 0 Å². The second-order valence-corrected chi connectivity index (χ2v) is 4.66. The molecular weight excluding hydrogens is 210 g/mol. The van der Waals surface area contributed by atoms with Gasteiger partial charge in [-0.3, -0.25) is 9.67 Å². The first-order valence-corrected chi connectivity index (χ1v) is 5.59. The van der Waals surface area contributed by atoms with E-state index in [1.165, 1.54) is 0 Å². The molecule has 15 heavy (non-hydrogen) atoms. The Bertz CT molecular complexity index is 367. The van der Waals surface area contributed by atoms with Gasteiger partial charge in [0.15, 0.2) is 4.77 Å². The minimum absolute atomic E-state index is 0.149. The lowest BCUT2D eigenvalue weighted by Crippen LogP contribution is -2.33. The maximum atomic E-state index is 5.24. The molecule has 0 spiro atoms. The molecule has 0 radical (unpaired) electrons. The quantitative estimate of drug-likeness (QED) is 0.788. The monoisotopic (exact) mass is 229 g/mol. The normalized spacial score (nSPS) is 12.0. The first kappa shape index (κ1) is 12.4. The number of hydrogen-bond acceptors (Lipinski definition) is 3. The molecule has 0 saturated heterocycles. The first-order valence-electron chi connectivity index (χ1n) is 5.18. The maximum Gasteiger partial charge on any atom is 0.195 e. The SMILES string of the molecule is CCCc1n[nH]c(=S)n1C(C)(C)COC. The Kier molecular flexibility index (Phi) is 4.04. The molecule has 86 valence electrons. The molecule has 0 unspecified atom stereocenters. The van der Waals surface area contributed by atoms with Gasteiger partial charge in [0, 0.05) is 13.5 Å². The number of aromatic amines is 1. The molecule has 0 aliphatic carbocycles. The molecule has 0 atom stereocenters. The van der Waals surface area contributed by atoms with Crippen molar-refractivity contribution in [1.29, 1.82) is 0 Å². The zero-order valence-electron chi connectivity index (χ0n) is 9.83. The average Bonchev–Trinajstić information content (AvgIpc) is 2.48. The maximum absolute atomic E-state index is 5.24. The Labute approximate surface area is 95.7 Å². The van der Waals surface area contributed by atoms with Gasteiger partial charge in [-0.25, -0.2) is 0 Å². The van der Waals surface area contributed by atoms with E-state index in [2.05, 4.69) is 35.5 Å². The fraction of sp³-hybridized carbons (Fsp3) is 0.800. The summed E-state index contributed by atoms with van der Waals surface area (Å²) in [7, 11) is 1.70. The van der Waals surface area contributed by atoms with E-state index in [0.29, 0.717) is 11.4 Å². The van der Waals surface area contributed by atoms with Gasteiger partial charge in [0.2, 0.25) is 0 Å². The highest BCUT2D eigenvalue weighted by atomic mass is 32.1. The van der Waals surface area contributed by atoms with Crippen molar-refractivity contribution in [2.75, 3.05) is 13.7 Å². The zero-order chi connectivity index (χ0) is 11.5. The lowest BCUT2D eigenvalue weighted by atomic mass is 10.1. The molecule has 0 saturated carbocycles. The third-order valence-corrected chi connectivity index (χ3v) is 2.59. The third-order valence-electron chi connectivity index (χ3n) is 2.32. The topological polar surface area (TPSA) is 42.8 Å². The van der Waals surface area contributed by atoms with Crippen molar-refractivity contribution in [3.05, 3.63) is 10.6 Å². The summed E-state index contributed by atoms with van der Waals surface area (Å²) < 4.78 is 7.93. The summed E-state index contributed by atoms with van der Waals surface area (Å²) in [6.07, 6.45) is 1.99. The van der Waals surface area contributed by atoms with Crippen LogP contribution in [0.3, 0.4) is 0 Å². The molecule has 0 aromatic carbocycles. The number of ether oxygens (including phenoxy) is 1. The van der Waals surface area contributed by atoms with E-state index < -0.39 is 0 Å². The summed E-state index contributed by atoms with van der Waals surface area (Å²) in [6, 6.07) is 0. The molecule has 4 nitrogen and oxygen atoms in total. The second kappa shape index (κ2) is 4.90. The van der Waals surface area contributed by atoms with Gasteiger partial charge in [-0.2, -0.15) is 5.10 Å². The summed E-state index contributed by atoms with van der Waals surface area (Å²) >= 11 is 5.24. The highest BCUT2D eigenvalue weighted by Gasteiger charge is 2.24. The van der Waals surface area contributed by atoms with Crippen LogP contribution in [0, 0.1) is 4.77 Å². The van der Waals surface area contributed by atoms with E-state index in [4.69, 9.17) is 17.0 Å². The van der Waals surface area contributed by atoms with Crippen LogP contribution in [0.15, 0.2) is 0 Å². The van der Waals surface area contributed by atoms with Gasteiger partial charge in [0.25, 0.3) is 0 Å². The number of aryl methyl sites for hydroxylation is 1. The summed E-state index contributed by atoms with van der Waals surface area (Å²) in [5.41, 5.74) is -0.149. The summed E-state index contributed by atoms with van der Waals surface area (Å²) in [5.74, 6) is 1.00. The van der Waals surface area contributed by atoms with Crippen LogP contribution in [0.2, 0.25) is 0 Å². The van der Waals surface area contributed by atoms with Crippen molar-refractivity contribution in [3.8, 4) is 0 Å². The van der Waals surface area contributed by atoms with E-state index in [1.807, 2.05) is 0 Å². The molecule has 1 heterocycles. The average molecular weight is 229 g/mol. The molecule has 0 amide bonds. The standard InChI is InChI=1S/C10H19N3OS/c1-5-6-8-11-12-9(15)13(8)10(2,3)7-14-4/h5-7H2,1-4H3,(H,12,15). The third kappa shape index (κ3) is 2.66. The van der Waals surface area contributed by atoms with Crippen molar-refractivity contribution in [2.45, 2.75) is 39.2 Å². The minimum Gasteiger partial charge on any atom is -0.382 e. The molecule has 0 bridgehead atoms. The van der Waals surface area contributed by atoms with E-state index >= 15 is 0 Å². The van der Waals surface area contributed by atoms with Crippen LogP contribution >= 0.6 is 12.2 Å². The Balaban J connectivity index is 3.10. The van der Waals surface area contributed by atoms with Crippen LogP contribution < -0.4 is 0 Å². The molecule has 0 fully saturated rings. The fourth-order valence-electron chi connectivity index (χ4n) is 1.76. The van der Waals surface area contributed by atoms with Crippen LogP contribution in [0.25, 0.3) is 0 Å². The predicted octanol–water partition coefficient (Wildman–Crippen LogP) is 2.27. The first-order chi connectivity index (χ1) is 7.03. The molecule has 1 rings (SSSR count). The highest BCUT2D eigenvalue weighted by molar-refractivity contribution is 7.71. The van der Waals surface area contributed by atoms with Gasteiger partial charge in [0.1, 0.15) is 5.82 Å². The van der Waals surface area contributed by atoms with Crippen LogP contribution in [0.5, 0.6) is 0 Å². The van der Waals surface area contributed by atoms with Crippen LogP contribution in [0.4, 0.5) is 0 Å². The van der Waals surface area contributed by atoms with Gasteiger partial charge in [-0.1, -0.05) is 6.92 Å². The van der Waals surface area contributed by atoms with Gasteiger partial charge in [-0.15, -0.1) is 0 Å². The molecule has 0 aliphatic rings. The van der Waals surface area contributed by atoms with Gasteiger partial charge >= 0.3 is 0 Å². The Morgan fingerprint density at radius 1 is 1.53 bits per heavy atom. The molecule has 0 aliphatic heterocycles. The molecular formula is C10H19N3OS. The van der Waals surface area contributed by atoms with Crippen molar-refractivity contribution >= 4 is 12.2 Å². The van der Waals surface area contributed by atoms with Crippen LogP contribution in [0.1, 0.15) is 33.0 Å². The second-order valence-electron chi connectivity index (χ2n) is 4.28. The molecule has 1 N–H and O–H groups in total. The van der Waals surface area contributed by atoms with Gasteiger partial charge < -0.3 is 4.74 Å². The minimum atomic E-state index is -0.149. The Hall–Kier alpha value is -0.680. The number of nitrogens with zero attached hydrogens (tertiary/aromatic N) is 2. The number of methoxy groups -OCH3 is 1. The summed E-state index contributed by atoms with van der Waals surface area (Å²) in [6.45, 7) is 6.95. The molecule has 5 heteroatoms.